The van der Waals surface area contributed by atoms with Crippen LogP contribution in [0.2, 0.25) is 0 Å². The first-order valence-electron chi connectivity index (χ1n) is 9.78. The maximum Gasteiger partial charge on any atom is 0.280 e. The van der Waals surface area contributed by atoms with Gasteiger partial charge in [-0.15, -0.1) is 0 Å². The van der Waals surface area contributed by atoms with Gasteiger partial charge in [-0.05, 0) is 12.5 Å². The molecule has 148 valence electrons. The highest BCUT2D eigenvalue weighted by molar-refractivity contribution is 5.75. The van der Waals surface area contributed by atoms with Crippen LogP contribution in [0.5, 0.6) is 0 Å². The largest absolute Gasteiger partial charge is 0.341 e. The zero-order valence-electron chi connectivity index (χ0n) is 16.7. The van der Waals surface area contributed by atoms with E-state index in [4.69, 9.17) is 9.97 Å². The van der Waals surface area contributed by atoms with Crippen molar-refractivity contribution in [3.05, 3.63) is 46.2 Å². The van der Waals surface area contributed by atoms with Crippen LogP contribution in [-0.2, 0) is 20.1 Å². The summed E-state index contributed by atoms with van der Waals surface area (Å²) in [5.41, 5.74) is 2.21. The molecule has 1 aliphatic heterocycles. The molecule has 1 N–H and O–H groups in total. The zero-order chi connectivity index (χ0) is 19.7. The Balaban J connectivity index is 1.77. The van der Waals surface area contributed by atoms with E-state index in [0.717, 1.165) is 32.1 Å². The van der Waals surface area contributed by atoms with Crippen molar-refractivity contribution >= 4 is 23.1 Å². The van der Waals surface area contributed by atoms with Crippen molar-refractivity contribution in [1.29, 1.82) is 0 Å². The normalized spacial score (nSPS) is 14.6. The van der Waals surface area contributed by atoms with Crippen LogP contribution >= 0.6 is 0 Å². The maximum atomic E-state index is 13.2. The van der Waals surface area contributed by atoms with Gasteiger partial charge in [0.25, 0.3) is 5.56 Å². The first kappa shape index (κ1) is 18.5. The van der Waals surface area contributed by atoms with Crippen molar-refractivity contribution in [3.8, 4) is 0 Å². The number of hydrogen-bond acceptors (Lipinski definition) is 6. The van der Waals surface area contributed by atoms with Crippen LogP contribution in [0.15, 0.2) is 35.1 Å². The summed E-state index contributed by atoms with van der Waals surface area (Å²) in [6, 6.07) is 10.2. The summed E-state index contributed by atoms with van der Waals surface area (Å²) in [5, 5.41) is 3.36. The molecule has 1 saturated heterocycles. The third-order valence-corrected chi connectivity index (χ3v) is 5.26. The first-order chi connectivity index (χ1) is 13.6. The Morgan fingerprint density at radius 3 is 2.54 bits per heavy atom. The fourth-order valence-corrected chi connectivity index (χ4v) is 3.81. The number of nitrogens with one attached hydrogen (secondary N) is 1. The number of hydrogen-bond donors (Lipinski definition) is 1. The number of nitrogens with zero attached hydrogens (tertiary/aromatic N) is 6. The van der Waals surface area contributed by atoms with Crippen LogP contribution in [-0.4, -0.2) is 52.3 Å². The predicted molar refractivity (Wildman–Crippen MR) is 112 cm³/mol. The molecular formula is C20H27N7O. The highest BCUT2D eigenvalue weighted by Gasteiger charge is 2.23. The summed E-state index contributed by atoms with van der Waals surface area (Å²) in [5.74, 6) is 1.46. The number of rotatable bonds is 5. The summed E-state index contributed by atoms with van der Waals surface area (Å²) < 4.78 is 3.62. The molecule has 3 aromatic rings. The van der Waals surface area contributed by atoms with Crippen LogP contribution in [0.25, 0.3) is 11.2 Å². The van der Waals surface area contributed by atoms with Crippen molar-refractivity contribution in [1.82, 2.24) is 24.4 Å². The van der Waals surface area contributed by atoms with Gasteiger partial charge in [0, 0.05) is 53.4 Å². The summed E-state index contributed by atoms with van der Waals surface area (Å²) in [6.07, 6.45) is 0. The topological polar surface area (TPSA) is 71.2 Å². The minimum absolute atomic E-state index is 0.0596. The molecule has 1 fully saturated rings. The Labute approximate surface area is 164 Å². The predicted octanol–water partition coefficient (Wildman–Crippen LogP) is 1.20. The quantitative estimate of drug-likeness (QED) is 0.716. The van der Waals surface area contributed by atoms with E-state index in [1.165, 1.54) is 5.56 Å². The second kappa shape index (κ2) is 7.63. The van der Waals surface area contributed by atoms with Crippen LogP contribution in [0.1, 0.15) is 12.5 Å². The van der Waals surface area contributed by atoms with Gasteiger partial charge in [-0.25, -0.2) is 0 Å². The Bertz CT molecular complexity index is 1020. The first-order valence-corrected chi connectivity index (χ1v) is 9.78. The Morgan fingerprint density at radius 2 is 1.86 bits per heavy atom. The van der Waals surface area contributed by atoms with Gasteiger partial charge in [-0.3, -0.25) is 9.36 Å². The van der Waals surface area contributed by atoms with E-state index in [1.54, 1.807) is 11.6 Å². The minimum Gasteiger partial charge on any atom is -0.341 e. The van der Waals surface area contributed by atoms with Gasteiger partial charge in [0.15, 0.2) is 11.2 Å². The molecule has 8 nitrogen and oxygen atoms in total. The van der Waals surface area contributed by atoms with Crippen molar-refractivity contribution in [2.24, 2.45) is 7.05 Å². The van der Waals surface area contributed by atoms with E-state index in [-0.39, 0.29) is 5.56 Å². The van der Waals surface area contributed by atoms with Gasteiger partial charge < -0.3 is 19.7 Å². The summed E-state index contributed by atoms with van der Waals surface area (Å²) in [6.45, 7) is 7.00. The minimum atomic E-state index is -0.0596. The van der Waals surface area contributed by atoms with E-state index in [0.29, 0.717) is 30.2 Å². The molecule has 0 saturated carbocycles. The van der Waals surface area contributed by atoms with E-state index in [2.05, 4.69) is 22.3 Å². The lowest BCUT2D eigenvalue weighted by Crippen LogP contribution is -2.44. The van der Waals surface area contributed by atoms with Gasteiger partial charge in [-0.1, -0.05) is 30.3 Å². The Kier molecular flexibility index (Phi) is 5.04. The monoisotopic (exact) mass is 381 g/mol. The van der Waals surface area contributed by atoms with Crippen molar-refractivity contribution in [2.45, 2.75) is 20.0 Å². The number of fused-ring (bicyclic) bond motifs is 1. The molecular weight excluding hydrogens is 354 g/mol. The lowest BCUT2D eigenvalue weighted by molar-refractivity contribution is 0.569. The standard InChI is InChI=1S/C20H27N7O/c1-4-27-16-17(23-20(27)26-12-10-21-11-13-26)22-19(25(3)18(16)28)24(2)14-15-8-6-5-7-9-15/h5-9,21H,4,10-14H2,1-3H3. The van der Waals surface area contributed by atoms with Gasteiger partial charge >= 0.3 is 0 Å². The third kappa shape index (κ3) is 3.24. The van der Waals surface area contributed by atoms with Gasteiger partial charge in [0.1, 0.15) is 0 Å². The molecule has 1 aromatic carbocycles. The highest BCUT2D eigenvalue weighted by Crippen LogP contribution is 2.22. The molecule has 1 aliphatic rings. The molecule has 0 radical (unpaired) electrons. The van der Waals surface area contributed by atoms with E-state index >= 15 is 0 Å². The number of imidazole rings is 1. The average molecular weight is 381 g/mol. The number of aromatic nitrogens is 4. The van der Waals surface area contributed by atoms with Crippen LogP contribution in [0, 0.1) is 0 Å². The SMILES string of the molecule is CCn1c(N2CCNCC2)nc2nc(N(C)Cc3ccccc3)n(C)c(=O)c21. The molecule has 4 rings (SSSR count). The Morgan fingerprint density at radius 1 is 1.14 bits per heavy atom. The second-order valence-corrected chi connectivity index (χ2v) is 7.18. The van der Waals surface area contributed by atoms with E-state index in [1.807, 2.05) is 41.6 Å². The van der Waals surface area contributed by atoms with E-state index < -0.39 is 0 Å². The summed E-state index contributed by atoms with van der Waals surface area (Å²) in [4.78, 5) is 26.9. The van der Waals surface area contributed by atoms with Crippen LogP contribution in [0.3, 0.4) is 0 Å². The van der Waals surface area contributed by atoms with Crippen molar-refractivity contribution in [3.63, 3.8) is 0 Å². The lowest BCUT2D eigenvalue weighted by Gasteiger charge is -2.28. The molecule has 3 heterocycles. The summed E-state index contributed by atoms with van der Waals surface area (Å²) >= 11 is 0. The van der Waals surface area contributed by atoms with Gasteiger partial charge in [0.05, 0.1) is 0 Å². The molecule has 28 heavy (non-hydrogen) atoms. The third-order valence-electron chi connectivity index (χ3n) is 5.26. The van der Waals surface area contributed by atoms with Crippen LogP contribution < -0.4 is 20.7 Å². The summed E-state index contributed by atoms with van der Waals surface area (Å²) in [7, 11) is 3.73. The molecule has 8 heteroatoms. The maximum absolute atomic E-state index is 13.2. The van der Waals surface area contributed by atoms with Gasteiger partial charge in [0.2, 0.25) is 11.9 Å². The van der Waals surface area contributed by atoms with Gasteiger partial charge in [-0.2, -0.15) is 9.97 Å². The molecule has 0 aliphatic carbocycles. The highest BCUT2D eigenvalue weighted by atomic mass is 16.1. The number of aryl methyl sites for hydroxylation is 1. The van der Waals surface area contributed by atoms with Crippen molar-refractivity contribution < 1.29 is 0 Å². The molecule has 0 bridgehead atoms. The average Bonchev–Trinajstić information content (AvgIpc) is 3.10. The van der Waals surface area contributed by atoms with Crippen LogP contribution in [0.4, 0.5) is 11.9 Å². The number of anilines is 2. The zero-order valence-corrected chi connectivity index (χ0v) is 16.7. The lowest BCUT2D eigenvalue weighted by atomic mass is 10.2. The molecule has 0 unspecified atom stereocenters. The smallest absolute Gasteiger partial charge is 0.280 e. The molecule has 0 spiro atoms. The Hall–Kier alpha value is -2.87. The molecule has 2 aromatic heterocycles. The second-order valence-electron chi connectivity index (χ2n) is 7.18. The molecule has 0 atom stereocenters. The fraction of sp³-hybridized carbons (Fsp3) is 0.450. The van der Waals surface area contributed by atoms with Crippen molar-refractivity contribution in [2.75, 3.05) is 43.0 Å². The van der Waals surface area contributed by atoms with E-state index in [9.17, 15) is 4.79 Å². The number of piperazine rings is 1. The molecule has 0 amide bonds. The number of benzene rings is 1. The fourth-order valence-electron chi connectivity index (χ4n) is 3.81.